The smallest absolute Gasteiger partial charge is 0.437 e. The number of benzene rings is 2. The number of carbonyl (C=O) groups is 4. The zero-order valence-electron chi connectivity index (χ0n) is 40.3. The molecule has 0 saturated carbocycles. The number of aryl methyl sites for hydroxylation is 1. The number of ether oxygens (including phenoxy) is 4. The normalized spacial score (nSPS) is 15.4. The second-order valence-electron chi connectivity index (χ2n) is 19.9. The maximum absolute atomic E-state index is 12.7. The van der Waals surface area contributed by atoms with Gasteiger partial charge in [-0.25, -0.2) is 23.9 Å². The first kappa shape index (κ1) is 49.5. The molecule has 4 amide bonds. The molecule has 2 aromatic carbocycles. The first-order chi connectivity index (χ1) is 30.1. The molecule has 0 saturated heterocycles. The number of alkyl carbamates (subject to hydrolysis) is 2. The van der Waals surface area contributed by atoms with Crippen molar-refractivity contribution in [1.82, 2.24) is 35.4 Å². The number of amides is 4. The highest BCUT2D eigenvalue weighted by Gasteiger charge is 2.27. The molecule has 0 atom stereocenters. The molecule has 2 aliphatic heterocycles. The molecule has 0 aliphatic carbocycles. The Morgan fingerprint density at radius 1 is 0.585 bits per heavy atom. The van der Waals surface area contributed by atoms with Crippen molar-refractivity contribution in [1.29, 1.82) is 0 Å². The molecule has 5 rings (SSSR count). The molecule has 17 nitrogen and oxygen atoms in total. The van der Waals surface area contributed by atoms with Crippen molar-refractivity contribution in [2.75, 3.05) is 26.2 Å². The van der Waals surface area contributed by atoms with Crippen LogP contribution in [0, 0.1) is 13.8 Å². The van der Waals surface area contributed by atoms with Crippen molar-refractivity contribution >= 4 is 47.4 Å². The predicted molar refractivity (Wildman–Crippen MR) is 251 cm³/mol. The van der Waals surface area contributed by atoms with Gasteiger partial charge in [0.05, 0.1) is 11.4 Å². The van der Waals surface area contributed by atoms with Gasteiger partial charge in [0, 0.05) is 31.7 Å². The lowest BCUT2D eigenvalue weighted by Gasteiger charge is -2.30. The Morgan fingerprint density at radius 3 is 1.40 bits per heavy atom. The van der Waals surface area contributed by atoms with E-state index in [-0.39, 0.29) is 11.9 Å². The molecule has 2 aliphatic rings. The van der Waals surface area contributed by atoms with Crippen LogP contribution >= 0.6 is 0 Å². The third-order valence-electron chi connectivity index (χ3n) is 9.64. The molecule has 17 heteroatoms. The van der Waals surface area contributed by atoms with Crippen LogP contribution in [-0.2, 0) is 18.9 Å². The second kappa shape index (κ2) is 19.7. The molecule has 0 fully saturated rings. The summed E-state index contributed by atoms with van der Waals surface area (Å²) in [4.78, 5) is 62.5. The van der Waals surface area contributed by atoms with Gasteiger partial charge >= 0.3 is 24.4 Å². The number of carbonyl (C=O) groups excluding carboxylic acids is 4. The van der Waals surface area contributed by atoms with E-state index in [1.165, 1.54) is 0 Å². The van der Waals surface area contributed by atoms with Crippen molar-refractivity contribution in [2.24, 2.45) is 9.98 Å². The molecule has 3 aromatic rings. The van der Waals surface area contributed by atoms with E-state index in [0.29, 0.717) is 39.0 Å². The number of hydrogen-bond donors (Lipinski definition) is 2. The van der Waals surface area contributed by atoms with Crippen molar-refractivity contribution in [2.45, 2.75) is 132 Å². The van der Waals surface area contributed by atoms with Crippen LogP contribution in [0.1, 0.15) is 118 Å². The van der Waals surface area contributed by atoms with Crippen LogP contribution < -0.4 is 10.6 Å². The molecule has 0 spiro atoms. The second-order valence-corrected chi connectivity index (χ2v) is 19.9. The van der Waals surface area contributed by atoms with E-state index >= 15 is 0 Å². The van der Waals surface area contributed by atoms with Crippen molar-refractivity contribution in [3.8, 4) is 16.9 Å². The lowest BCUT2D eigenvalue weighted by Crippen LogP contribution is -2.48. The van der Waals surface area contributed by atoms with Crippen molar-refractivity contribution < 1.29 is 38.1 Å². The van der Waals surface area contributed by atoms with Gasteiger partial charge in [-0.1, -0.05) is 47.7 Å². The van der Waals surface area contributed by atoms with Crippen LogP contribution in [0.3, 0.4) is 0 Å². The average Bonchev–Trinajstić information content (AvgIpc) is 3.55. The van der Waals surface area contributed by atoms with Crippen molar-refractivity contribution in [3.05, 3.63) is 77.0 Å². The summed E-state index contributed by atoms with van der Waals surface area (Å²) in [5, 5.41) is 14.4. The number of hydrogen-bond acceptors (Lipinski definition) is 10. The molecular formula is C48H65N9O8. The number of rotatable bonds is 4. The summed E-state index contributed by atoms with van der Waals surface area (Å²) in [6, 6.07) is 14.4. The monoisotopic (exact) mass is 895 g/mol. The topological polar surface area (TPSA) is 191 Å². The molecule has 2 N–H and O–H groups in total. The first-order valence-corrected chi connectivity index (χ1v) is 21.8. The van der Waals surface area contributed by atoms with Crippen LogP contribution in [0.4, 0.5) is 19.2 Å². The van der Waals surface area contributed by atoms with E-state index in [2.05, 4.69) is 67.3 Å². The third kappa shape index (κ3) is 14.8. The molecule has 0 radical (unpaired) electrons. The van der Waals surface area contributed by atoms with E-state index in [0.717, 1.165) is 50.5 Å². The molecule has 0 bridgehead atoms. The summed E-state index contributed by atoms with van der Waals surface area (Å²) in [5.41, 5.74) is 5.84. The van der Waals surface area contributed by atoms with Gasteiger partial charge in [0.15, 0.2) is 0 Å². The van der Waals surface area contributed by atoms with Gasteiger partial charge in [0.2, 0.25) is 11.9 Å². The van der Waals surface area contributed by atoms with Crippen LogP contribution in [0.25, 0.3) is 28.1 Å². The minimum atomic E-state index is -0.810. The Bertz CT molecular complexity index is 2390. The maximum atomic E-state index is 12.7. The Balaban J connectivity index is 1.27. The zero-order chi connectivity index (χ0) is 48.1. The van der Waals surface area contributed by atoms with Gasteiger partial charge in [-0.3, -0.25) is 10.6 Å². The summed E-state index contributed by atoms with van der Waals surface area (Å²) in [6.45, 7) is 26.9. The Morgan fingerprint density at radius 2 is 1.00 bits per heavy atom. The standard InChI is InChI=1S/C48H65N9O8/c1-30-29-36(34-23-27-56(28-24-34)40(51-43(60)64-47(9,10)11)52-44(61)65-48(12,13)14)19-20-37(30)57-31(2)38(53-54-57)35-17-15-32(16-18-35)33-21-25-55(26-22-33)39(49-41(58)62-45(3,4)5)50-42(59)63-46(6,7)8/h15-21,23,29H,22,24-28H2,1-14H3,(H,49,50,58,59)(H,51,52,60,61). The largest absolute Gasteiger partial charge is 0.444 e. The fraction of sp³-hybridized carbons (Fsp3) is 0.500. The fourth-order valence-corrected chi connectivity index (χ4v) is 6.89. The maximum Gasteiger partial charge on any atom is 0.437 e. The van der Waals surface area contributed by atoms with Gasteiger partial charge < -0.3 is 28.7 Å². The van der Waals surface area contributed by atoms with Gasteiger partial charge in [0.1, 0.15) is 28.1 Å². The summed E-state index contributed by atoms with van der Waals surface area (Å²) in [7, 11) is 0. The number of nitrogens with one attached hydrogen (secondary N) is 2. The van der Waals surface area contributed by atoms with E-state index < -0.39 is 46.8 Å². The van der Waals surface area contributed by atoms with Gasteiger partial charge in [-0.05, 0) is 150 Å². The highest BCUT2D eigenvalue weighted by atomic mass is 16.6. The summed E-state index contributed by atoms with van der Waals surface area (Å²) in [5.74, 6) is 0.127. The molecule has 0 unspecified atom stereocenters. The quantitative estimate of drug-likeness (QED) is 0.144. The SMILES string of the molecule is Cc1cc(C2=CCN(/C(=N/C(=O)OC(C)(C)C)NC(=O)OC(C)(C)C)CC2)ccc1-n1nnc(-c2ccc(C3=CCN(/C(=N/C(=O)OC(C)(C)C)NC(=O)OC(C)(C)C)CC3)cc2)c1C. The van der Waals surface area contributed by atoms with E-state index in [9.17, 15) is 19.2 Å². The van der Waals surface area contributed by atoms with Crippen LogP contribution in [0.2, 0.25) is 0 Å². The number of nitrogens with zero attached hydrogens (tertiary/aromatic N) is 7. The zero-order valence-corrected chi connectivity index (χ0v) is 40.3. The highest BCUT2D eigenvalue weighted by Crippen LogP contribution is 2.30. The van der Waals surface area contributed by atoms with E-state index in [1.807, 2.05) is 36.7 Å². The molecule has 3 heterocycles. The molecule has 1 aromatic heterocycles. The fourth-order valence-electron chi connectivity index (χ4n) is 6.89. The minimum absolute atomic E-state index is 0.0636. The molecular weight excluding hydrogens is 831 g/mol. The number of aliphatic imine (C=N–C) groups is 2. The number of guanidine groups is 2. The minimum Gasteiger partial charge on any atom is -0.444 e. The highest BCUT2D eigenvalue weighted by molar-refractivity contribution is 6.00. The molecule has 350 valence electrons. The number of aromatic nitrogens is 3. The summed E-state index contributed by atoms with van der Waals surface area (Å²) >= 11 is 0. The van der Waals surface area contributed by atoms with Crippen molar-refractivity contribution in [3.63, 3.8) is 0 Å². The van der Waals surface area contributed by atoms with Crippen LogP contribution in [0.15, 0.2) is 64.6 Å². The lowest BCUT2D eigenvalue weighted by molar-refractivity contribution is 0.0536. The third-order valence-corrected chi connectivity index (χ3v) is 9.64. The average molecular weight is 896 g/mol. The Kier molecular flexibility index (Phi) is 15.0. The van der Waals surface area contributed by atoms with E-state index in [4.69, 9.17) is 18.9 Å². The first-order valence-electron chi connectivity index (χ1n) is 21.8. The van der Waals surface area contributed by atoms with Crippen LogP contribution in [0.5, 0.6) is 0 Å². The summed E-state index contributed by atoms with van der Waals surface area (Å²) < 4.78 is 23.5. The lowest BCUT2D eigenvalue weighted by atomic mass is 9.97. The molecule has 65 heavy (non-hydrogen) atoms. The summed E-state index contributed by atoms with van der Waals surface area (Å²) in [6.07, 6.45) is 2.33. The Hall–Kier alpha value is -6.52. The van der Waals surface area contributed by atoms with Gasteiger partial charge in [0.25, 0.3) is 0 Å². The van der Waals surface area contributed by atoms with Gasteiger partial charge in [-0.15, -0.1) is 15.1 Å². The van der Waals surface area contributed by atoms with E-state index in [1.54, 1.807) is 92.9 Å². The van der Waals surface area contributed by atoms with Crippen LogP contribution in [-0.4, -0.2) is 110 Å². The predicted octanol–water partition coefficient (Wildman–Crippen LogP) is 9.36. The van der Waals surface area contributed by atoms with Gasteiger partial charge in [-0.2, -0.15) is 0 Å². The Labute approximate surface area is 382 Å².